The summed E-state index contributed by atoms with van der Waals surface area (Å²) in [5.41, 5.74) is 0.787. The van der Waals surface area contributed by atoms with Gasteiger partial charge in [-0.15, -0.1) is 0 Å². The van der Waals surface area contributed by atoms with Crippen molar-refractivity contribution in [1.29, 1.82) is 0 Å². The van der Waals surface area contributed by atoms with E-state index in [0.717, 1.165) is 11.8 Å². The van der Waals surface area contributed by atoms with Gasteiger partial charge in [-0.1, -0.05) is 12.1 Å². The van der Waals surface area contributed by atoms with Crippen LogP contribution < -0.4 is 10.0 Å². The fourth-order valence-corrected chi connectivity index (χ4v) is 3.95. The van der Waals surface area contributed by atoms with Crippen LogP contribution in [0.4, 0.5) is 10.5 Å². The first-order valence-electron chi connectivity index (χ1n) is 8.63. The van der Waals surface area contributed by atoms with Crippen LogP contribution in [0.3, 0.4) is 0 Å². The van der Waals surface area contributed by atoms with Crippen LogP contribution >= 0.6 is 11.8 Å². The highest BCUT2D eigenvalue weighted by molar-refractivity contribution is 8.13. The molecule has 0 unspecified atom stereocenters. The van der Waals surface area contributed by atoms with Gasteiger partial charge in [0.1, 0.15) is 0 Å². The SMILES string of the molecule is COCCNS(=O)(=O)c1ccc(C(=O)Nc2ccccc2SC(=O)N(C)C)cc1. The Hall–Kier alpha value is -2.40. The lowest BCUT2D eigenvalue weighted by atomic mass is 10.2. The lowest BCUT2D eigenvalue weighted by Crippen LogP contribution is -2.27. The van der Waals surface area contributed by atoms with Crippen molar-refractivity contribution in [3.63, 3.8) is 0 Å². The second-order valence-electron chi connectivity index (χ2n) is 6.13. The maximum absolute atomic E-state index is 12.6. The summed E-state index contributed by atoms with van der Waals surface area (Å²) in [6, 6.07) is 12.5. The molecule has 8 nitrogen and oxygen atoms in total. The fraction of sp³-hybridized carbons (Fsp3) is 0.263. The maximum atomic E-state index is 12.6. The molecule has 2 aromatic carbocycles. The number of ether oxygens (including phenoxy) is 1. The molecule has 0 atom stereocenters. The molecule has 2 aromatic rings. The van der Waals surface area contributed by atoms with E-state index in [-0.39, 0.29) is 23.3 Å². The number of thioether (sulfide) groups is 1. The number of hydrogen-bond acceptors (Lipinski definition) is 6. The Morgan fingerprint density at radius 3 is 2.34 bits per heavy atom. The molecule has 29 heavy (non-hydrogen) atoms. The van der Waals surface area contributed by atoms with Gasteiger partial charge in [0, 0.05) is 38.2 Å². The van der Waals surface area contributed by atoms with E-state index in [4.69, 9.17) is 4.74 Å². The number of rotatable bonds is 8. The molecule has 0 radical (unpaired) electrons. The van der Waals surface area contributed by atoms with Crippen LogP contribution in [0.15, 0.2) is 58.3 Å². The van der Waals surface area contributed by atoms with Gasteiger partial charge in [-0.25, -0.2) is 13.1 Å². The van der Waals surface area contributed by atoms with Gasteiger partial charge in [0.25, 0.3) is 11.1 Å². The highest BCUT2D eigenvalue weighted by Gasteiger charge is 2.16. The van der Waals surface area contributed by atoms with Crippen LogP contribution in [-0.2, 0) is 14.8 Å². The molecule has 0 fully saturated rings. The normalized spacial score (nSPS) is 11.1. The summed E-state index contributed by atoms with van der Waals surface area (Å²) >= 11 is 1.01. The first-order chi connectivity index (χ1) is 13.7. The monoisotopic (exact) mass is 437 g/mol. The van der Waals surface area contributed by atoms with Crippen molar-refractivity contribution in [1.82, 2.24) is 9.62 Å². The first-order valence-corrected chi connectivity index (χ1v) is 10.9. The molecule has 0 bridgehead atoms. The van der Waals surface area contributed by atoms with Gasteiger partial charge < -0.3 is 15.0 Å². The highest BCUT2D eigenvalue weighted by atomic mass is 32.2. The Morgan fingerprint density at radius 1 is 1.07 bits per heavy atom. The third-order valence-corrected chi connectivity index (χ3v) is 6.32. The van der Waals surface area contributed by atoms with Gasteiger partial charge >= 0.3 is 0 Å². The lowest BCUT2D eigenvalue weighted by Gasteiger charge is -2.13. The number of benzene rings is 2. The Kier molecular flexibility index (Phi) is 8.21. The largest absolute Gasteiger partial charge is 0.383 e. The molecule has 2 amide bonds. The molecule has 0 aliphatic rings. The molecule has 0 spiro atoms. The number of para-hydroxylation sites is 1. The van der Waals surface area contributed by atoms with E-state index in [1.54, 1.807) is 38.4 Å². The van der Waals surface area contributed by atoms with E-state index in [2.05, 4.69) is 10.0 Å². The number of amides is 2. The van der Waals surface area contributed by atoms with Crippen LogP contribution in [0.25, 0.3) is 0 Å². The van der Waals surface area contributed by atoms with Crippen molar-refractivity contribution in [3.8, 4) is 0 Å². The summed E-state index contributed by atoms with van der Waals surface area (Å²) in [5.74, 6) is -0.411. The van der Waals surface area contributed by atoms with Crippen LogP contribution in [-0.4, -0.2) is 58.8 Å². The first kappa shape index (κ1) is 22.9. The summed E-state index contributed by atoms with van der Waals surface area (Å²) in [7, 11) is 1.11. The second-order valence-corrected chi connectivity index (χ2v) is 8.89. The number of sulfonamides is 1. The second kappa shape index (κ2) is 10.4. The van der Waals surface area contributed by atoms with Crippen molar-refractivity contribution >= 4 is 38.6 Å². The summed E-state index contributed by atoms with van der Waals surface area (Å²) in [6.07, 6.45) is 0. The summed E-state index contributed by atoms with van der Waals surface area (Å²) < 4.78 is 31.6. The molecule has 2 N–H and O–H groups in total. The number of hydrogen-bond donors (Lipinski definition) is 2. The summed E-state index contributed by atoms with van der Waals surface area (Å²) in [6.45, 7) is 0.411. The van der Waals surface area contributed by atoms with Gasteiger partial charge in [-0.2, -0.15) is 0 Å². The number of carbonyl (C=O) groups is 2. The average Bonchev–Trinajstić information content (AvgIpc) is 2.69. The molecular weight excluding hydrogens is 414 g/mol. The predicted molar refractivity (Wildman–Crippen MR) is 113 cm³/mol. The number of methoxy groups -OCH3 is 1. The van der Waals surface area contributed by atoms with E-state index in [1.807, 2.05) is 0 Å². The van der Waals surface area contributed by atoms with Crippen molar-refractivity contribution in [2.24, 2.45) is 0 Å². The zero-order valence-corrected chi connectivity index (χ0v) is 18.0. The minimum absolute atomic E-state index is 0.0534. The average molecular weight is 438 g/mol. The Balaban J connectivity index is 2.12. The van der Waals surface area contributed by atoms with Gasteiger partial charge in [0.05, 0.1) is 17.2 Å². The predicted octanol–water partition coefficient (Wildman–Crippen LogP) is 2.64. The van der Waals surface area contributed by atoms with E-state index in [0.29, 0.717) is 16.1 Å². The molecule has 0 aliphatic heterocycles. The Labute approximate surface area is 174 Å². The fourth-order valence-electron chi connectivity index (χ4n) is 2.19. The number of nitrogens with one attached hydrogen (secondary N) is 2. The van der Waals surface area contributed by atoms with Crippen molar-refractivity contribution < 1.29 is 22.7 Å². The van der Waals surface area contributed by atoms with E-state index in [9.17, 15) is 18.0 Å². The third kappa shape index (κ3) is 6.57. The van der Waals surface area contributed by atoms with Crippen LogP contribution in [0.5, 0.6) is 0 Å². The van der Waals surface area contributed by atoms with E-state index in [1.165, 1.54) is 36.3 Å². The van der Waals surface area contributed by atoms with Crippen LogP contribution in [0.1, 0.15) is 10.4 Å². The number of nitrogens with zero attached hydrogens (tertiary/aromatic N) is 1. The topological polar surface area (TPSA) is 105 Å². The smallest absolute Gasteiger partial charge is 0.286 e. The van der Waals surface area contributed by atoms with Crippen molar-refractivity contribution in [3.05, 3.63) is 54.1 Å². The Bertz CT molecular complexity index is 960. The van der Waals surface area contributed by atoms with Crippen molar-refractivity contribution in [2.45, 2.75) is 9.79 Å². The van der Waals surface area contributed by atoms with E-state index < -0.39 is 15.9 Å². The van der Waals surface area contributed by atoms with E-state index >= 15 is 0 Å². The third-order valence-electron chi connectivity index (χ3n) is 3.72. The lowest BCUT2D eigenvalue weighted by molar-refractivity contribution is 0.102. The molecule has 0 aromatic heterocycles. The number of anilines is 1. The molecule has 0 heterocycles. The summed E-state index contributed by atoms with van der Waals surface area (Å²) in [5, 5.41) is 2.59. The molecule has 156 valence electrons. The van der Waals surface area contributed by atoms with Gasteiger partial charge in [-0.3, -0.25) is 9.59 Å². The van der Waals surface area contributed by atoms with Gasteiger partial charge in [-0.05, 0) is 48.2 Å². The Morgan fingerprint density at radius 2 is 1.72 bits per heavy atom. The minimum Gasteiger partial charge on any atom is -0.383 e. The molecular formula is C19H23N3O5S2. The maximum Gasteiger partial charge on any atom is 0.286 e. The molecule has 2 rings (SSSR count). The highest BCUT2D eigenvalue weighted by Crippen LogP contribution is 2.29. The summed E-state index contributed by atoms with van der Waals surface area (Å²) in [4.78, 5) is 26.6. The molecule has 0 aliphatic carbocycles. The minimum atomic E-state index is -3.67. The molecule has 10 heteroatoms. The molecule has 0 saturated heterocycles. The zero-order chi connectivity index (χ0) is 21.4. The van der Waals surface area contributed by atoms with Crippen LogP contribution in [0, 0.1) is 0 Å². The number of carbonyl (C=O) groups excluding carboxylic acids is 2. The molecule has 0 saturated carbocycles. The standard InChI is InChI=1S/C19H23N3O5S2/c1-22(2)19(24)28-17-7-5-4-6-16(17)21-18(23)14-8-10-15(11-9-14)29(25,26)20-12-13-27-3/h4-11,20H,12-13H2,1-3H3,(H,21,23). The van der Waals surface area contributed by atoms with Gasteiger partial charge in [0.2, 0.25) is 10.0 Å². The van der Waals surface area contributed by atoms with Crippen molar-refractivity contribution in [2.75, 3.05) is 39.7 Å². The quantitative estimate of drug-likeness (QED) is 0.486. The zero-order valence-electron chi connectivity index (χ0n) is 16.3. The van der Waals surface area contributed by atoms with Crippen LogP contribution in [0.2, 0.25) is 0 Å². The van der Waals surface area contributed by atoms with Gasteiger partial charge in [0.15, 0.2) is 0 Å².